The zero-order valence-electron chi connectivity index (χ0n) is 10.3. The highest BCUT2D eigenvalue weighted by Gasteiger charge is 2.40. The van der Waals surface area contributed by atoms with Crippen LogP contribution in [-0.4, -0.2) is 32.2 Å². The van der Waals surface area contributed by atoms with Crippen LogP contribution < -0.4 is 5.32 Å². The minimum Gasteiger partial charge on any atom is -0.354 e. The number of hydrogen-bond acceptors (Lipinski definition) is 4. The molecule has 0 atom stereocenters. The molecule has 2 rings (SSSR count). The van der Waals surface area contributed by atoms with Crippen LogP contribution in [0.1, 0.15) is 44.5 Å². The van der Waals surface area contributed by atoms with E-state index in [4.69, 9.17) is 0 Å². The van der Waals surface area contributed by atoms with Gasteiger partial charge in [-0.15, -0.1) is 5.10 Å². The number of amides is 1. The van der Waals surface area contributed by atoms with Crippen LogP contribution in [0.3, 0.4) is 0 Å². The molecule has 1 aliphatic rings. The first-order chi connectivity index (χ1) is 8.88. The Kier molecular flexibility index (Phi) is 3.72. The number of halogens is 3. The van der Waals surface area contributed by atoms with Gasteiger partial charge in [0.25, 0.3) is 5.82 Å². The monoisotopic (exact) mass is 277 g/mol. The van der Waals surface area contributed by atoms with Crippen LogP contribution in [0.5, 0.6) is 0 Å². The standard InChI is InChI=1S/C10H14F3N5O/c1-6(19)14-7-2-4-8(5-3-7)18-9(10(11,12)13)15-16-17-18/h7-8H,2-5H2,1H3,(H,14,19). The van der Waals surface area contributed by atoms with Gasteiger partial charge < -0.3 is 5.32 Å². The van der Waals surface area contributed by atoms with Crippen molar-refractivity contribution in [3.63, 3.8) is 0 Å². The number of nitrogens with one attached hydrogen (secondary N) is 1. The molecule has 106 valence electrons. The fraction of sp³-hybridized carbons (Fsp3) is 0.800. The van der Waals surface area contributed by atoms with E-state index in [1.54, 1.807) is 0 Å². The lowest BCUT2D eigenvalue weighted by atomic mass is 9.91. The summed E-state index contributed by atoms with van der Waals surface area (Å²) in [5, 5.41) is 12.4. The molecule has 0 aromatic carbocycles. The molecule has 0 unspecified atom stereocenters. The third kappa shape index (κ3) is 3.21. The predicted octanol–water partition coefficient (Wildman–Crippen LogP) is 1.31. The molecule has 9 heteroatoms. The highest BCUT2D eigenvalue weighted by molar-refractivity contribution is 5.73. The average molecular weight is 277 g/mol. The normalized spacial score (nSPS) is 24.2. The first-order valence-corrected chi connectivity index (χ1v) is 6.00. The van der Waals surface area contributed by atoms with Crippen molar-refractivity contribution in [2.24, 2.45) is 0 Å². The summed E-state index contributed by atoms with van der Waals surface area (Å²) in [5.74, 6) is -1.18. The van der Waals surface area contributed by atoms with Gasteiger partial charge in [-0.1, -0.05) is 0 Å². The lowest BCUT2D eigenvalue weighted by Crippen LogP contribution is -2.37. The second kappa shape index (κ2) is 5.14. The fourth-order valence-corrected chi connectivity index (χ4v) is 2.38. The summed E-state index contributed by atoms with van der Waals surface area (Å²) in [6.45, 7) is 1.43. The number of alkyl halides is 3. The highest BCUT2D eigenvalue weighted by Crippen LogP contribution is 2.33. The fourth-order valence-electron chi connectivity index (χ4n) is 2.38. The molecule has 0 radical (unpaired) electrons. The van der Waals surface area contributed by atoms with Crippen LogP contribution in [0.15, 0.2) is 0 Å². The number of carbonyl (C=O) groups excluding carboxylic acids is 1. The van der Waals surface area contributed by atoms with Crippen molar-refractivity contribution in [2.45, 2.75) is 50.9 Å². The minimum absolute atomic E-state index is 0.0274. The molecule has 0 spiro atoms. The zero-order chi connectivity index (χ0) is 14.0. The third-order valence-electron chi connectivity index (χ3n) is 3.20. The van der Waals surface area contributed by atoms with Gasteiger partial charge in [0.2, 0.25) is 5.91 Å². The number of rotatable bonds is 2. The van der Waals surface area contributed by atoms with E-state index >= 15 is 0 Å². The topological polar surface area (TPSA) is 72.7 Å². The summed E-state index contributed by atoms with van der Waals surface area (Å²) in [5.41, 5.74) is 0. The van der Waals surface area contributed by atoms with E-state index in [9.17, 15) is 18.0 Å². The Hall–Kier alpha value is -1.67. The van der Waals surface area contributed by atoms with Crippen LogP contribution in [0, 0.1) is 0 Å². The summed E-state index contributed by atoms with van der Waals surface area (Å²) in [4.78, 5) is 10.9. The SMILES string of the molecule is CC(=O)NC1CCC(n2nnnc2C(F)(F)F)CC1. The van der Waals surface area contributed by atoms with Crippen molar-refractivity contribution in [3.8, 4) is 0 Å². The van der Waals surface area contributed by atoms with Gasteiger partial charge >= 0.3 is 6.18 Å². The summed E-state index contributed by atoms with van der Waals surface area (Å²) >= 11 is 0. The Morgan fingerprint density at radius 3 is 2.47 bits per heavy atom. The number of tetrazole rings is 1. The van der Waals surface area contributed by atoms with Crippen LogP contribution in [-0.2, 0) is 11.0 Å². The molecule has 0 bridgehead atoms. The second-order valence-corrected chi connectivity index (χ2v) is 4.65. The van der Waals surface area contributed by atoms with E-state index < -0.39 is 12.0 Å². The Morgan fingerprint density at radius 1 is 1.32 bits per heavy atom. The number of nitrogens with zero attached hydrogens (tertiary/aromatic N) is 4. The second-order valence-electron chi connectivity index (χ2n) is 4.65. The first-order valence-electron chi connectivity index (χ1n) is 6.00. The quantitative estimate of drug-likeness (QED) is 0.884. The molecule has 19 heavy (non-hydrogen) atoms. The molecule has 1 heterocycles. The molecular weight excluding hydrogens is 263 g/mol. The molecule has 1 amide bonds. The smallest absolute Gasteiger partial charge is 0.354 e. The summed E-state index contributed by atoms with van der Waals surface area (Å²) in [6, 6.07) is -0.337. The lowest BCUT2D eigenvalue weighted by molar-refractivity contribution is -0.149. The minimum atomic E-state index is -4.54. The number of carbonyl (C=O) groups is 1. The summed E-state index contributed by atoms with van der Waals surface area (Å²) in [6.07, 6.45) is -2.26. The molecule has 6 nitrogen and oxygen atoms in total. The molecule has 1 saturated carbocycles. The van der Waals surface area contributed by atoms with Gasteiger partial charge in [-0.25, -0.2) is 4.68 Å². The van der Waals surface area contributed by atoms with Crippen molar-refractivity contribution >= 4 is 5.91 Å². The van der Waals surface area contributed by atoms with E-state index in [1.165, 1.54) is 6.92 Å². The first kappa shape index (κ1) is 13.8. The number of aromatic nitrogens is 4. The summed E-state index contributed by atoms with van der Waals surface area (Å²) < 4.78 is 38.8. The van der Waals surface area contributed by atoms with E-state index in [2.05, 4.69) is 20.8 Å². The van der Waals surface area contributed by atoms with E-state index in [0.717, 1.165) is 4.68 Å². The van der Waals surface area contributed by atoms with Crippen LogP contribution in [0.25, 0.3) is 0 Å². The Balaban J connectivity index is 2.02. The molecule has 0 saturated heterocycles. The van der Waals surface area contributed by atoms with E-state index in [0.29, 0.717) is 25.7 Å². The molecule has 1 aliphatic carbocycles. The van der Waals surface area contributed by atoms with E-state index in [-0.39, 0.29) is 18.0 Å². The van der Waals surface area contributed by atoms with Gasteiger partial charge in [-0.2, -0.15) is 13.2 Å². The van der Waals surface area contributed by atoms with Gasteiger partial charge in [0.05, 0.1) is 6.04 Å². The van der Waals surface area contributed by atoms with Crippen molar-refractivity contribution in [1.82, 2.24) is 25.5 Å². The van der Waals surface area contributed by atoms with Crippen molar-refractivity contribution in [2.75, 3.05) is 0 Å². The third-order valence-corrected chi connectivity index (χ3v) is 3.20. The van der Waals surface area contributed by atoms with Crippen molar-refractivity contribution in [3.05, 3.63) is 5.82 Å². The lowest BCUT2D eigenvalue weighted by Gasteiger charge is -2.29. The van der Waals surface area contributed by atoms with Crippen LogP contribution in [0.4, 0.5) is 13.2 Å². The van der Waals surface area contributed by atoms with Gasteiger partial charge in [-0.3, -0.25) is 4.79 Å². The maximum atomic E-state index is 12.7. The summed E-state index contributed by atoms with van der Waals surface area (Å²) in [7, 11) is 0. The van der Waals surface area contributed by atoms with Crippen molar-refractivity contribution in [1.29, 1.82) is 0 Å². The zero-order valence-corrected chi connectivity index (χ0v) is 10.3. The number of hydrogen-bond donors (Lipinski definition) is 1. The average Bonchev–Trinajstić information content (AvgIpc) is 2.77. The van der Waals surface area contributed by atoms with Gasteiger partial charge in [-0.05, 0) is 36.1 Å². The Bertz CT molecular complexity index is 450. The maximum Gasteiger partial charge on any atom is 0.453 e. The molecule has 1 aromatic heterocycles. The maximum absolute atomic E-state index is 12.7. The molecule has 1 aromatic rings. The molecular formula is C10H14F3N5O. The van der Waals surface area contributed by atoms with E-state index in [1.807, 2.05) is 0 Å². The Morgan fingerprint density at radius 2 is 1.95 bits per heavy atom. The largest absolute Gasteiger partial charge is 0.453 e. The highest BCUT2D eigenvalue weighted by atomic mass is 19.4. The predicted molar refractivity (Wildman–Crippen MR) is 57.9 cm³/mol. The van der Waals surface area contributed by atoms with Crippen LogP contribution in [0.2, 0.25) is 0 Å². The van der Waals surface area contributed by atoms with Gasteiger partial charge in [0.15, 0.2) is 0 Å². The van der Waals surface area contributed by atoms with Crippen molar-refractivity contribution < 1.29 is 18.0 Å². The van der Waals surface area contributed by atoms with Gasteiger partial charge in [0.1, 0.15) is 0 Å². The molecule has 1 N–H and O–H groups in total. The molecule has 1 fully saturated rings. The van der Waals surface area contributed by atoms with Gasteiger partial charge in [0, 0.05) is 13.0 Å². The molecule has 0 aliphatic heterocycles. The Labute approximate surface area is 107 Å². The van der Waals surface area contributed by atoms with Crippen LogP contribution >= 0.6 is 0 Å².